The van der Waals surface area contributed by atoms with Crippen LogP contribution >= 0.6 is 23.2 Å². The molecular formula is C9H8Cl2N2O3. The van der Waals surface area contributed by atoms with Crippen molar-refractivity contribution in [3.05, 3.63) is 31.7 Å². The standard InChI is InChI=1S/C9H8Cl2N2O3/c1-4(9(15)16-2)3-5-6(14)8(11)13-12-7(5)10/h3H,1-2H3,(H,12,14)/b4-3-. The van der Waals surface area contributed by atoms with Gasteiger partial charge in [0.2, 0.25) is 5.43 Å². The summed E-state index contributed by atoms with van der Waals surface area (Å²) in [6, 6.07) is 0. The number of ether oxygens (including phenoxy) is 1. The van der Waals surface area contributed by atoms with Gasteiger partial charge in [-0.05, 0) is 13.0 Å². The maximum Gasteiger partial charge on any atom is 0.333 e. The average molecular weight is 263 g/mol. The second-order valence-corrected chi connectivity index (χ2v) is 3.63. The zero-order valence-corrected chi connectivity index (χ0v) is 10.0. The molecule has 1 rings (SSSR count). The van der Waals surface area contributed by atoms with Gasteiger partial charge in [0.15, 0.2) is 5.15 Å². The third kappa shape index (κ3) is 2.62. The highest BCUT2D eigenvalue weighted by Crippen LogP contribution is 2.13. The van der Waals surface area contributed by atoms with E-state index in [0.717, 1.165) is 0 Å². The Morgan fingerprint density at radius 2 is 2.12 bits per heavy atom. The summed E-state index contributed by atoms with van der Waals surface area (Å²) in [6.45, 7) is 1.50. The van der Waals surface area contributed by atoms with E-state index in [0.29, 0.717) is 0 Å². The lowest BCUT2D eigenvalue weighted by atomic mass is 10.2. The zero-order valence-electron chi connectivity index (χ0n) is 8.51. The lowest BCUT2D eigenvalue weighted by molar-refractivity contribution is -0.135. The fourth-order valence-corrected chi connectivity index (χ4v) is 1.31. The number of rotatable bonds is 2. The average Bonchev–Trinajstić information content (AvgIpc) is 2.28. The molecule has 0 aliphatic carbocycles. The van der Waals surface area contributed by atoms with Gasteiger partial charge in [0.25, 0.3) is 0 Å². The fourth-order valence-electron chi connectivity index (χ4n) is 0.985. The van der Waals surface area contributed by atoms with Gasteiger partial charge in [0.05, 0.1) is 12.7 Å². The van der Waals surface area contributed by atoms with Crippen molar-refractivity contribution in [3.8, 4) is 0 Å². The van der Waals surface area contributed by atoms with Crippen LogP contribution in [0.5, 0.6) is 0 Å². The highest BCUT2D eigenvalue weighted by Gasteiger charge is 2.11. The summed E-state index contributed by atoms with van der Waals surface area (Å²) in [5.41, 5.74) is -0.240. The Morgan fingerprint density at radius 1 is 1.50 bits per heavy atom. The van der Waals surface area contributed by atoms with E-state index in [-0.39, 0.29) is 21.4 Å². The first-order valence-electron chi connectivity index (χ1n) is 4.17. The molecule has 0 unspecified atom stereocenters. The molecule has 1 N–H and O–H groups in total. The number of halogens is 2. The van der Waals surface area contributed by atoms with Crippen molar-refractivity contribution in [1.82, 2.24) is 10.2 Å². The predicted octanol–water partition coefficient (Wildman–Crippen LogP) is 1.65. The topological polar surface area (TPSA) is 72.1 Å². The molecule has 0 saturated heterocycles. The molecule has 0 bridgehead atoms. The highest BCUT2D eigenvalue weighted by molar-refractivity contribution is 6.32. The lowest BCUT2D eigenvalue weighted by Gasteiger charge is -2.00. The van der Waals surface area contributed by atoms with E-state index < -0.39 is 11.4 Å². The number of nitrogens with one attached hydrogen (secondary N) is 1. The van der Waals surface area contributed by atoms with Crippen LogP contribution in [-0.2, 0) is 9.53 Å². The van der Waals surface area contributed by atoms with Crippen LogP contribution in [0.4, 0.5) is 0 Å². The maximum absolute atomic E-state index is 11.5. The molecule has 0 radical (unpaired) electrons. The number of aromatic nitrogens is 2. The molecule has 5 nitrogen and oxygen atoms in total. The molecule has 0 aliphatic rings. The number of carbonyl (C=O) groups is 1. The van der Waals surface area contributed by atoms with Crippen LogP contribution in [0, 0.1) is 0 Å². The zero-order chi connectivity index (χ0) is 12.3. The molecule has 0 aliphatic heterocycles. The van der Waals surface area contributed by atoms with Gasteiger partial charge in [-0.3, -0.25) is 9.89 Å². The van der Waals surface area contributed by atoms with Crippen LogP contribution in [0.25, 0.3) is 6.08 Å². The van der Waals surface area contributed by atoms with Gasteiger partial charge >= 0.3 is 5.97 Å². The summed E-state index contributed by atoms with van der Waals surface area (Å²) >= 11 is 11.2. The molecule has 7 heteroatoms. The summed E-state index contributed by atoms with van der Waals surface area (Å²) in [7, 11) is 1.24. The van der Waals surface area contributed by atoms with Gasteiger partial charge in [-0.15, -0.1) is 0 Å². The van der Waals surface area contributed by atoms with E-state index >= 15 is 0 Å². The summed E-state index contributed by atoms with van der Waals surface area (Å²) in [4.78, 5) is 22.7. The molecule has 16 heavy (non-hydrogen) atoms. The fraction of sp³-hybridized carbons (Fsp3) is 0.222. The number of H-pyrrole nitrogens is 1. The van der Waals surface area contributed by atoms with E-state index in [2.05, 4.69) is 14.9 Å². The minimum atomic E-state index is -0.552. The molecule has 0 spiro atoms. The number of hydrogen-bond donors (Lipinski definition) is 1. The monoisotopic (exact) mass is 262 g/mol. The maximum atomic E-state index is 11.5. The van der Waals surface area contributed by atoms with Crippen molar-refractivity contribution in [3.63, 3.8) is 0 Å². The Hall–Kier alpha value is -1.33. The first kappa shape index (κ1) is 12.7. The van der Waals surface area contributed by atoms with Crippen LogP contribution in [0.3, 0.4) is 0 Å². The summed E-state index contributed by atoms with van der Waals surface area (Å²) < 4.78 is 4.48. The summed E-state index contributed by atoms with van der Waals surface area (Å²) in [6.07, 6.45) is 1.29. The lowest BCUT2D eigenvalue weighted by Crippen LogP contribution is -2.11. The predicted molar refractivity (Wildman–Crippen MR) is 60.5 cm³/mol. The van der Waals surface area contributed by atoms with E-state index in [1.165, 1.54) is 20.1 Å². The molecule has 0 atom stereocenters. The molecule has 0 fully saturated rings. The van der Waals surface area contributed by atoms with Gasteiger partial charge in [0.1, 0.15) is 5.15 Å². The Bertz CT molecular complexity index is 508. The number of aromatic amines is 1. The molecule has 86 valence electrons. The van der Waals surface area contributed by atoms with Crippen LogP contribution in [0.15, 0.2) is 10.4 Å². The minimum absolute atomic E-state index is 0.0117. The van der Waals surface area contributed by atoms with Crippen LogP contribution in [0.1, 0.15) is 12.5 Å². The SMILES string of the molecule is COC(=O)/C(C)=C\c1c(Cl)[nH]nc(Cl)c1=O. The van der Waals surface area contributed by atoms with E-state index in [1.54, 1.807) is 0 Å². The quantitative estimate of drug-likeness (QED) is 0.650. The second-order valence-electron chi connectivity index (χ2n) is 2.89. The van der Waals surface area contributed by atoms with Crippen molar-refractivity contribution < 1.29 is 9.53 Å². The first-order chi connectivity index (χ1) is 7.47. The van der Waals surface area contributed by atoms with Crippen molar-refractivity contribution in [1.29, 1.82) is 0 Å². The van der Waals surface area contributed by atoms with Gasteiger partial charge in [-0.2, -0.15) is 5.10 Å². The Kier molecular flexibility index (Phi) is 4.09. The Balaban J connectivity index is 3.30. The van der Waals surface area contributed by atoms with Crippen LogP contribution in [0.2, 0.25) is 10.3 Å². The summed E-state index contributed by atoms with van der Waals surface area (Å²) in [5, 5.41) is 5.59. The molecule has 0 amide bonds. The van der Waals surface area contributed by atoms with Gasteiger partial charge in [-0.25, -0.2) is 4.79 Å². The van der Waals surface area contributed by atoms with Crippen LogP contribution < -0.4 is 5.43 Å². The second kappa shape index (κ2) is 5.14. The van der Waals surface area contributed by atoms with E-state index in [4.69, 9.17) is 23.2 Å². The minimum Gasteiger partial charge on any atom is -0.466 e. The number of nitrogens with zero attached hydrogens (tertiary/aromatic N) is 1. The number of esters is 1. The largest absolute Gasteiger partial charge is 0.466 e. The number of hydrogen-bond acceptors (Lipinski definition) is 4. The van der Waals surface area contributed by atoms with E-state index in [1.807, 2.05) is 0 Å². The number of methoxy groups -OCH3 is 1. The van der Waals surface area contributed by atoms with Gasteiger partial charge in [0, 0.05) is 5.57 Å². The van der Waals surface area contributed by atoms with Crippen molar-refractivity contribution in [2.45, 2.75) is 6.92 Å². The molecule has 1 aromatic rings. The highest BCUT2D eigenvalue weighted by atomic mass is 35.5. The Labute approximate surface area is 101 Å². The van der Waals surface area contributed by atoms with Crippen molar-refractivity contribution in [2.75, 3.05) is 7.11 Å². The van der Waals surface area contributed by atoms with Gasteiger partial charge < -0.3 is 4.74 Å². The smallest absolute Gasteiger partial charge is 0.333 e. The normalized spacial score (nSPS) is 11.4. The Morgan fingerprint density at radius 3 is 2.69 bits per heavy atom. The van der Waals surface area contributed by atoms with E-state index in [9.17, 15) is 9.59 Å². The van der Waals surface area contributed by atoms with Crippen LogP contribution in [-0.4, -0.2) is 23.3 Å². The first-order valence-corrected chi connectivity index (χ1v) is 4.93. The van der Waals surface area contributed by atoms with Crippen molar-refractivity contribution in [2.24, 2.45) is 0 Å². The summed E-state index contributed by atoms with van der Waals surface area (Å²) in [5.74, 6) is -0.552. The van der Waals surface area contributed by atoms with Crippen molar-refractivity contribution >= 4 is 35.2 Å². The third-order valence-electron chi connectivity index (χ3n) is 1.79. The molecule has 0 aromatic carbocycles. The molecular weight excluding hydrogens is 255 g/mol. The number of carbonyl (C=O) groups excluding carboxylic acids is 1. The van der Waals surface area contributed by atoms with Gasteiger partial charge in [-0.1, -0.05) is 23.2 Å². The molecule has 0 saturated carbocycles. The third-order valence-corrected chi connectivity index (χ3v) is 2.33. The molecule has 1 heterocycles. The molecule has 1 aromatic heterocycles.